The van der Waals surface area contributed by atoms with Crippen LogP contribution in [0.2, 0.25) is 5.02 Å². The third-order valence-corrected chi connectivity index (χ3v) is 4.68. The van der Waals surface area contributed by atoms with Gasteiger partial charge in [-0.3, -0.25) is 0 Å². The summed E-state index contributed by atoms with van der Waals surface area (Å²) in [6, 6.07) is 14.0. The van der Waals surface area contributed by atoms with Crippen LogP contribution in [-0.4, -0.2) is 16.4 Å². The Morgan fingerprint density at radius 1 is 1.19 bits per heavy atom. The molecule has 1 aromatic carbocycles. The van der Waals surface area contributed by atoms with E-state index in [1.165, 1.54) is 5.69 Å². The van der Waals surface area contributed by atoms with E-state index in [1.807, 2.05) is 43.4 Å². The molecule has 108 valence electrons. The maximum atomic E-state index is 6.22. The smallest absolute Gasteiger partial charge is 0.138 e. The van der Waals surface area contributed by atoms with Crippen molar-refractivity contribution in [3.05, 3.63) is 64.9 Å². The highest BCUT2D eigenvalue weighted by Gasteiger charge is 2.12. The van der Waals surface area contributed by atoms with Crippen LogP contribution in [-0.2, 0) is 12.3 Å². The molecule has 0 atom stereocenters. The summed E-state index contributed by atoms with van der Waals surface area (Å²) in [4.78, 5) is 4.72. The molecular weight excluding hydrogens is 302 g/mol. The van der Waals surface area contributed by atoms with Crippen molar-refractivity contribution in [3.63, 3.8) is 0 Å². The zero-order valence-electron chi connectivity index (χ0n) is 11.7. The average molecular weight is 318 g/mol. The number of thioether (sulfide) groups is 1. The Morgan fingerprint density at radius 2 is 2.00 bits per heavy atom. The molecule has 0 aliphatic carbocycles. The Bertz CT molecular complexity index is 754. The van der Waals surface area contributed by atoms with Gasteiger partial charge in [0.15, 0.2) is 0 Å². The number of imidazole rings is 1. The minimum atomic E-state index is 0.788. The van der Waals surface area contributed by atoms with Crippen LogP contribution < -0.4 is 5.32 Å². The van der Waals surface area contributed by atoms with Crippen LogP contribution in [0.15, 0.2) is 53.7 Å². The summed E-state index contributed by atoms with van der Waals surface area (Å²) in [6.45, 7) is 0.788. The Balaban J connectivity index is 1.89. The SMILES string of the molecule is CNCc1c(SCc2ccccc2Cl)nc2ccccn12. The van der Waals surface area contributed by atoms with Crippen molar-refractivity contribution in [2.45, 2.75) is 17.3 Å². The highest BCUT2D eigenvalue weighted by Crippen LogP contribution is 2.29. The summed E-state index contributed by atoms with van der Waals surface area (Å²) in [5.41, 5.74) is 3.30. The molecule has 0 aliphatic rings. The Kier molecular flexibility index (Phi) is 4.48. The summed E-state index contributed by atoms with van der Waals surface area (Å²) >= 11 is 7.94. The van der Waals surface area contributed by atoms with Gasteiger partial charge in [-0.25, -0.2) is 4.98 Å². The summed E-state index contributed by atoms with van der Waals surface area (Å²) in [6.07, 6.45) is 2.05. The maximum Gasteiger partial charge on any atom is 0.138 e. The molecule has 0 radical (unpaired) electrons. The third-order valence-electron chi connectivity index (χ3n) is 3.26. The van der Waals surface area contributed by atoms with Gasteiger partial charge in [-0.15, -0.1) is 0 Å². The van der Waals surface area contributed by atoms with Gasteiger partial charge in [0, 0.05) is 23.5 Å². The van der Waals surface area contributed by atoms with E-state index in [0.717, 1.165) is 33.6 Å². The lowest BCUT2D eigenvalue weighted by atomic mass is 10.2. The number of fused-ring (bicyclic) bond motifs is 1. The molecule has 0 aliphatic heterocycles. The molecule has 2 aromatic heterocycles. The second-order valence-corrected chi connectivity index (χ2v) is 6.07. The highest BCUT2D eigenvalue weighted by atomic mass is 35.5. The van der Waals surface area contributed by atoms with E-state index in [4.69, 9.17) is 16.6 Å². The average Bonchev–Trinajstić information content (AvgIpc) is 2.85. The summed E-state index contributed by atoms with van der Waals surface area (Å²) in [5.74, 6) is 0.820. The first-order valence-electron chi connectivity index (χ1n) is 6.76. The van der Waals surface area contributed by atoms with Gasteiger partial charge in [-0.1, -0.05) is 47.6 Å². The third kappa shape index (κ3) is 3.07. The van der Waals surface area contributed by atoms with E-state index in [-0.39, 0.29) is 0 Å². The van der Waals surface area contributed by atoms with E-state index >= 15 is 0 Å². The van der Waals surface area contributed by atoms with E-state index in [0.29, 0.717) is 0 Å². The van der Waals surface area contributed by atoms with Gasteiger partial charge >= 0.3 is 0 Å². The van der Waals surface area contributed by atoms with E-state index < -0.39 is 0 Å². The molecule has 3 rings (SSSR count). The lowest BCUT2D eigenvalue weighted by Crippen LogP contribution is -2.08. The first kappa shape index (κ1) is 14.4. The van der Waals surface area contributed by atoms with Crippen LogP contribution in [0.4, 0.5) is 0 Å². The zero-order chi connectivity index (χ0) is 14.7. The van der Waals surface area contributed by atoms with E-state index in [9.17, 15) is 0 Å². The second-order valence-electron chi connectivity index (χ2n) is 4.70. The molecule has 3 nitrogen and oxygen atoms in total. The highest BCUT2D eigenvalue weighted by molar-refractivity contribution is 7.98. The Labute approximate surface area is 133 Å². The first-order valence-corrected chi connectivity index (χ1v) is 8.12. The molecule has 2 heterocycles. The van der Waals surface area contributed by atoms with E-state index in [2.05, 4.69) is 22.0 Å². The van der Waals surface area contributed by atoms with Crippen molar-refractivity contribution in [1.29, 1.82) is 0 Å². The van der Waals surface area contributed by atoms with Crippen LogP contribution in [0.3, 0.4) is 0 Å². The number of nitrogens with zero attached hydrogens (tertiary/aromatic N) is 2. The fraction of sp³-hybridized carbons (Fsp3) is 0.188. The monoisotopic (exact) mass is 317 g/mol. The van der Waals surface area contributed by atoms with Gasteiger partial charge in [-0.2, -0.15) is 0 Å². The fourth-order valence-electron chi connectivity index (χ4n) is 2.23. The largest absolute Gasteiger partial charge is 0.314 e. The number of nitrogens with one attached hydrogen (secondary N) is 1. The topological polar surface area (TPSA) is 29.3 Å². The maximum absolute atomic E-state index is 6.22. The van der Waals surface area contributed by atoms with Gasteiger partial charge in [0.1, 0.15) is 10.7 Å². The number of hydrogen-bond donors (Lipinski definition) is 1. The minimum Gasteiger partial charge on any atom is -0.314 e. The molecule has 3 aromatic rings. The number of rotatable bonds is 5. The molecule has 0 unspecified atom stereocenters. The molecule has 1 N–H and O–H groups in total. The predicted molar refractivity (Wildman–Crippen MR) is 89.0 cm³/mol. The number of hydrogen-bond acceptors (Lipinski definition) is 3. The van der Waals surface area contributed by atoms with Gasteiger partial charge in [-0.05, 0) is 30.8 Å². The minimum absolute atomic E-state index is 0.788. The number of benzene rings is 1. The zero-order valence-corrected chi connectivity index (χ0v) is 13.3. The molecule has 21 heavy (non-hydrogen) atoms. The van der Waals surface area contributed by atoms with Crippen molar-refractivity contribution in [2.75, 3.05) is 7.05 Å². The van der Waals surface area contributed by atoms with Crippen LogP contribution in [0.25, 0.3) is 5.65 Å². The molecule has 0 saturated heterocycles. The molecule has 0 spiro atoms. The second kappa shape index (κ2) is 6.52. The standard InChI is InChI=1S/C16H16ClN3S/c1-18-10-14-16(19-15-8-4-5-9-20(14)15)21-11-12-6-2-3-7-13(12)17/h2-9,18H,10-11H2,1H3. The van der Waals surface area contributed by atoms with Crippen LogP contribution in [0.1, 0.15) is 11.3 Å². The van der Waals surface area contributed by atoms with Crippen molar-refractivity contribution in [2.24, 2.45) is 0 Å². The normalized spacial score (nSPS) is 11.1. The molecule has 0 fully saturated rings. The van der Waals surface area contributed by atoms with Crippen molar-refractivity contribution < 1.29 is 0 Å². The van der Waals surface area contributed by atoms with Crippen LogP contribution in [0.5, 0.6) is 0 Å². The van der Waals surface area contributed by atoms with Gasteiger partial charge in [0.05, 0.1) is 5.69 Å². The molecule has 0 saturated carbocycles. The molecule has 0 amide bonds. The number of pyridine rings is 1. The lowest BCUT2D eigenvalue weighted by molar-refractivity contribution is 0.764. The number of aromatic nitrogens is 2. The van der Waals surface area contributed by atoms with Crippen molar-refractivity contribution in [1.82, 2.24) is 14.7 Å². The van der Waals surface area contributed by atoms with E-state index in [1.54, 1.807) is 11.8 Å². The van der Waals surface area contributed by atoms with Gasteiger partial charge < -0.3 is 9.72 Å². The van der Waals surface area contributed by atoms with Crippen molar-refractivity contribution in [3.8, 4) is 0 Å². The Morgan fingerprint density at radius 3 is 2.81 bits per heavy atom. The quantitative estimate of drug-likeness (QED) is 0.721. The first-order chi connectivity index (χ1) is 10.3. The molecule has 0 bridgehead atoms. The van der Waals surface area contributed by atoms with Crippen LogP contribution in [0, 0.1) is 0 Å². The summed E-state index contributed by atoms with van der Waals surface area (Å²) < 4.78 is 2.13. The fourth-order valence-corrected chi connectivity index (χ4v) is 3.55. The lowest BCUT2D eigenvalue weighted by Gasteiger charge is -2.05. The summed E-state index contributed by atoms with van der Waals surface area (Å²) in [7, 11) is 1.95. The number of halogens is 1. The summed E-state index contributed by atoms with van der Waals surface area (Å²) in [5, 5.41) is 5.07. The van der Waals surface area contributed by atoms with Gasteiger partial charge in [0.2, 0.25) is 0 Å². The predicted octanol–water partition coefficient (Wildman–Crippen LogP) is 4.00. The van der Waals surface area contributed by atoms with Crippen LogP contribution >= 0.6 is 23.4 Å². The molecular formula is C16H16ClN3S. The Hall–Kier alpha value is -1.49. The van der Waals surface area contributed by atoms with Crippen molar-refractivity contribution >= 4 is 29.0 Å². The van der Waals surface area contributed by atoms with Gasteiger partial charge in [0.25, 0.3) is 0 Å². The molecule has 5 heteroatoms.